The van der Waals surface area contributed by atoms with Crippen molar-refractivity contribution in [1.82, 2.24) is 4.90 Å². The van der Waals surface area contributed by atoms with Crippen molar-refractivity contribution in [1.29, 1.82) is 0 Å². The van der Waals surface area contributed by atoms with Gasteiger partial charge in [0.2, 0.25) is 0 Å². The lowest BCUT2D eigenvalue weighted by Crippen LogP contribution is -2.39. The van der Waals surface area contributed by atoms with E-state index in [1.54, 1.807) is 0 Å². The van der Waals surface area contributed by atoms with Crippen LogP contribution in [-0.4, -0.2) is 49.9 Å². The van der Waals surface area contributed by atoms with Gasteiger partial charge in [-0.2, -0.15) is 0 Å². The van der Waals surface area contributed by atoms with Crippen molar-refractivity contribution in [3.63, 3.8) is 0 Å². The summed E-state index contributed by atoms with van der Waals surface area (Å²) >= 11 is 0. The Morgan fingerprint density at radius 3 is 2.76 bits per heavy atom. The molecule has 0 aromatic heterocycles. The smallest absolute Gasteiger partial charge is 0.165 e. The van der Waals surface area contributed by atoms with E-state index in [0.717, 1.165) is 48.9 Å². The molecule has 1 unspecified atom stereocenters. The fraction of sp³-hybridized carbons (Fsp3) is 0.500. The van der Waals surface area contributed by atoms with E-state index in [9.17, 15) is 0 Å². The van der Waals surface area contributed by atoms with Crippen LogP contribution in [0.3, 0.4) is 0 Å². The van der Waals surface area contributed by atoms with Crippen molar-refractivity contribution < 1.29 is 14.2 Å². The minimum absolute atomic E-state index is 0.216. The second kappa shape index (κ2) is 4.93. The summed E-state index contributed by atoms with van der Waals surface area (Å²) in [7, 11) is 0. The summed E-state index contributed by atoms with van der Waals surface area (Å²) in [6.07, 6.45) is 5.32. The maximum absolute atomic E-state index is 6.32. The van der Waals surface area contributed by atoms with Crippen LogP contribution in [0.25, 0.3) is 6.08 Å². The average Bonchev–Trinajstić information content (AvgIpc) is 2.88. The van der Waals surface area contributed by atoms with Crippen LogP contribution < -0.4 is 19.9 Å². The van der Waals surface area contributed by atoms with Crippen LogP contribution in [-0.2, 0) is 0 Å². The van der Waals surface area contributed by atoms with Gasteiger partial charge in [-0.15, -0.1) is 0 Å². The number of hydrogen-bond acceptors (Lipinski definition) is 5. The monoisotopic (exact) mass is 288 g/mol. The maximum atomic E-state index is 6.32. The molecule has 4 rings (SSSR count). The summed E-state index contributed by atoms with van der Waals surface area (Å²) < 4.78 is 17.6. The van der Waals surface area contributed by atoms with Crippen molar-refractivity contribution in [3.05, 3.63) is 23.8 Å². The van der Waals surface area contributed by atoms with Crippen LogP contribution in [0.1, 0.15) is 12.0 Å². The topological polar surface area (TPSA) is 57.0 Å². The molecule has 0 amide bonds. The van der Waals surface area contributed by atoms with Crippen LogP contribution in [0.4, 0.5) is 0 Å². The highest BCUT2D eigenvalue weighted by molar-refractivity contribution is 5.66. The number of benzene rings is 1. The first-order valence-corrected chi connectivity index (χ1v) is 7.52. The second-order valence-corrected chi connectivity index (χ2v) is 5.85. The number of fused-ring (bicyclic) bond motifs is 2. The van der Waals surface area contributed by atoms with Gasteiger partial charge in [0.15, 0.2) is 11.5 Å². The number of nitrogens with two attached hydrogens (primary N) is 1. The van der Waals surface area contributed by atoms with Gasteiger partial charge in [0.25, 0.3) is 0 Å². The zero-order chi connectivity index (χ0) is 14.3. The molecule has 3 aliphatic heterocycles. The first-order valence-electron chi connectivity index (χ1n) is 7.52. The number of likely N-dealkylation sites (tertiary alicyclic amines) is 1. The summed E-state index contributed by atoms with van der Waals surface area (Å²) in [5, 5.41) is 0. The lowest BCUT2D eigenvalue weighted by molar-refractivity contribution is 0.121. The minimum atomic E-state index is -0.216. The van der Waals surface area contributed by atoms with Gasteiger partial charge in [-0.05, 0) is 12.1 Å². The lowest BCUT2D eigenvalue weighted by Gasteiger charge is -2.32. The van der Waals surface area contributed by atoms with E-state index in [1.165, 1.54) is 0 Å². The molecule has 5 nitrogen and oxygen atoms in total. The Morgan fingerprint density at radius 1 is 1.14 bits per heavy atom. The van der Waals surface area contributed by atoms with Crippen LogP contribution in [0.5, 0.6) is 17.2 Å². The molecule has 0 saturated carbocycles. The van der Waals surface area contributed by atoms with Gasteiger partial charge in [-0.3, -0.25) is 4.90 Å². The standard InChI is InChI=1S/C16H20N2O3/c17-4-6-18-5-3-16(11-18)2-1-12-9-14-15(10-13(12)21-16)20-8-7-19-14/h1-2,9-10H,3-8,11,17H2. The third-order valence-corrected chi connectivity index (χ3v) is 4.34. The molecule has 1 aromatic carbocycles. The molecular formula is C16H20N2O3. The van der Waals surface area contributed by atoms with E-state index < -0.39 is 0 Å². The molecule has 5 heteroatoms. The van der Waals surface area contributed by atoms with E-state index in [-0.39, 0.29) is 5.60 Å². The molecule has 3 aliphatic rings. The Morgan fingerprint density at radius 2 is 1.95 bits per heavy atom. The average molecular weight is 288 g/mol. The molecule has 0 aliphatic carbocycles. The predicted molar refractivity (Wildman–Crippen MR) is 79.9 cm³/mol. The quantitative estimate of drug-likeness (QED) is 0.888. The van der Waals surface area contributed by atoms with E-state index in [0.29, 0.717) is 19.8 Å². The number of nitrogens with zero attached hydrogens (tertiary/aromatic N) is 1. The molecule has 112 valence electrons. The molecule has 1 spiro atoms. The van der Waals surface area contributed by atoms with Crippen molar-refractivity contribution in [3.8, 4) is 17.2 Å². The van der Waals surface area contributed by atoms with Crippen LogP contribution in [0.15, 0.2) is 18.2 Å². The number of rotatable bonds is 2. The molecule has 0 radical (unpaired) electrons. The van der Waals surface area contributed by atoms with Crippen molar-refractivity contribution in [2.24, 2.45) is 5.73 Å². The molecule has 2 N–H and O–H groups in total. The summed E-state index contributed by atoms with van der Waals surface area (Å²) in [5.74, 6) is 2.47. The zero-order valence-corrected chi connectivity index (χ0v) is 12.0. The van der Waals surface area contributed by atoms with Gasteiger partial charge in [0, 0.05) is 44.2 Å². The normalized spacial score (nSPS) is 26.7. The zero-order valence-electron chi connectivity index (χ0n) is 12.0. The second-order valence-electron chi connectivity index (χ2n) is 5.85. The highest BCUT2D eigenvalue weighted by Gasteiger charge is 2.40. The lowest BCUT2D eigenvalue weighted by atomic mass is 9.97. The predicted octanol–water partition coefficient (Wildman–Crippen LogP) is 1.27. The summed E-state index contributed by atoms with van der Waals surface area (Å²) in [6, 6.07) is 3.96. The maximum Gasteiger partial charge on any atom is 0.165 e. The summed E-state index contributed by atoms with van der Waals surface area (Å²) in [6.45, 7) is 4.74. The minimum Gasteiger partial charge on any atom is -0.486 e. The van der Waals surface area contributed by atoms with Crippen LogP contribution in [0.2, 0.25) is 0 Å². The van der Waals surface area contributed by atoms with E-state index in [1.807, 2.05) is 12.1 Å². The van der Waals surface area contributed by atoms with Gasteiger partial charge >= 0.3 is 0 Å². The fourth-order valence-electron chi connectivity index (χ4n) is 3.28. The molecule has 3 heterocycles. The SMILES string of the molecule is NCCN1CCC2(C=Cc3cc4c(cc3O2)OCCO4)C1. The van der Waals surface area contributed by atoms with Crippen molar-refractivity contribution >= 4 is 6.08 Å². The van der Waals surface area contributed by atoms with Crippen molar-refractivity contribution in [2.75, 3.05) is 39.4 Å². The van der Waals surface area contributed by atoms with E-state index in [2.05, 4.69) is 17.1 Å². The highest BCUT2D eigenvalue weighted by Crippen LogP contribution is 2.42. The first kappa shape index (κ1) is 13.0. The molecule has 1 aromatic rings. The number of ether oxygens (including phenoxy) is 3. The molecular weight excluding hydrogens is 268 g/mol. The van der Waals surface area contributed by atoms with Crippen molar-refractivity contribution in [2.45, 2.75) is 12.0 Å². The Kier molecular flexibility index (Phi) is 3.05. The van der Waals surface area contributed by atoms with Gasteiger partial charge in [-0.25, -0.2) is 0 Å². The third-order valence-electron chi connectivity index (χ3n) is 4.34. The Labute approximate surface area is 124 Å². The van der Waals surface area contributed by atoms with E-state index in [4.69, 9.17) is 19.9 Å². The molecule has 1 saturated heterocycles. The van der Waals surface area contributed by atoms with Crippen LogP contribution >= 0.6 is 0 Å². The Balaban J connectivity index is 1.61. The van der Waals surface area contributed by atoms with Crippen LogP contribution in [0, 0.1) is 0 Å². The molecule has 1 fully saturated rings. The van der Waals surface area contributed by atoms with E-state index >= 15 is 0 Å². The molecule has 21 heavy (non-hydrogen) atoms. The third kappa shape index (κ3) is 2.26. The Hall–Kier alpha value is -1.72. The molecule has 0 bridgehead atoms. The summed E-state index contributed by atoms with van der Waals surface area (Å²) in [5.41, 5.74) is 6.49. The summed E-state index contributed by atoms with van der Waals surface area (Å²) in [4.78, 5) is 2.35. The van der Waals surface area contributed by atoms with Gasteiger partial charge in [0.1, 0.15) is 24.6 Å². The largest absolute Gasteiger partial charge is 0.486 e. The fourth-order valence-corrected chi connectivity index (χ4v) is 3.28. The van der Waals surface area contributed by atoms with Gasteiger partial charge in [0.05, 0.1) is 0 Å². The van der Waals surface area contributed by atoms with Gasteiger partial charge in [-0.1, -0.05) is 6.08 Å². The first-order chi connectivity index (χ1) is 10.3. The number of hydrogen-bond donors (Lipinski definition) is 1. The highest BCUT2D eigenvalue weighted by atomic mass is 16.6. The Bertz CT molecular complexity index is 587. The van der Waals surface area contributed by atoms with Gasteiger partial charge < -0.3 is 19.9 Å². The molecule has 1 atom stereocenters.